The van der Waals surface area contributed by atoms with Gasteiger partial charge in [-0.1, -0.05) is 27.7 Å². The van der Waals surface area contributed by atoms with Crippen LogP contribution < -0.4 is 5.32 Å². The molecule has 0 aromatic carbocycles. The summed E-state index contributed by atoms with van der Waals surface area (Å²) in [6, 6.07) is 0.643. The molecule has 0 aromatic heterocycles. The van der Waals surface area contributed by atoms with Crippen molar-refractivity contribution in [2.75, 3.05) is 12.3 Å². The molecule has 1 atom stereocenters. The van der Waals surface area contributed by atoms with Gasteiger partial charge in [0, 0.05) is 16.5 Å². The zero-order chi connectivity index (χ0) is 8.91. The fourth-order valence-corrected chi connectivity index (χ4v) is 1.65. The summed E-state index contributed by atoms with van der Waals surface area (Å²) in [5.74, 6) is 1.21. The molecule has 0 saturated heterocycles. The van der Waals surface area contributed by atoms with Gasteiger partial charge in [-0.25, -0.2) is 0 Å². The van der Waals surface area contributed by atoms with Gasteiger partial charge in [0.15, 0.2) is 0 Å². The zero-order valence-electron chi connectivity index (χ0n) is 8.40. The molecule has 1 unspecified atom stereocenters. The lowest BCUT2D eigenvalue weighted by Gasteiger charge is -2.20. The van der Waals surface area contributed by atoms with Crippen LogP contribution in [-0.4, -0.2) is 23.1 Å². The molecule has 0 aliphatic rings. The van der Waals surface area contributed by atoms with E-state index in [2.05, 4.69) is 39.9 Å². The highest BCUT2D eigenvalue weighted by atomic mass is 32.2. The standard InChI is InChI=1S/C9H21NS/c1-6-10-8(2)7-11-9(3,4)5/h8,10H,6-7H2,1-5H3. The first-order valence-electron chi connectivity index (χ1n) is 4.33. The molecule has 0 spiro atoms. The number of rotatable bonds is 4. The van der Waals surface area contributed by atoms with E-state index in [9.17, 15) is 0 Å². The van der Waals surface area contributed by atoms with E-state index in [4.69, 9.17) is 0 Å². The second kappa shape index (κ2) is 5.04. The van der Waals surface area contributed by atoms with Crippen LogP contribution in [-0.2, 0) is 0 Å². The van der Waals surface area contributed by atoms with E-state index in [-0.39, 0.29) is 0 Å². The van der Waals surface area contributed by atoms with E-state index in [0.717, 1.165) is 6.54 Å². The molecule has 1 nitrogen and oxygen atoms in total. The van der Waals surface area contributed by atoms with Crippen LogP contribution in [0.1, 0.15) is 34.6 Å². The van der Waals surface area contributed by atoms with Crippen molar-refractivity contribution in [3.05, 3.63) is 0 Å². The summed E-state index contributed by atoms with van der Waals surface area (Å²) in [5.41, 5.74) is 0. The molecule has 0 heterocycles. The van der Waals surface area contributed by atoms with E-state index in [1.165, 1.54) is 5.75 Å². The minimum Gasteiger partial charge on any atom is -0.314 e. The Morgan fingerprint density at radius 2 is 1.91 bits per heavy atom. The molecule has 0 aliphatic heterocycles. The highest BCUT2D eigenvalue weighted by Gasteiger charge is 2.11. The predicted molar refractivity (Wildman–Crippen MR) is 55.3 cm³/mol. The maximum atomic E-state index is 3.40. The van der Waals surface area contributed by atoms with Gasteiger partial charge in [-0.2, -0.15) is 11.8 Å². The normalized spacial score (nSPS) is 15.0. The fourth-order valence-electron chi connectivity index (χ4n) is 0.782. The predicted octanol–water partition coefficient (Wildman–Crippen LogP) is 2.52. The molecule has 1 N–H and O–H groups in total. The minimum atomic E-state index is 0.406. The molecule has 0 rings (SSSR count). The Bertz CT molecular complexity index is 96.2. The van der Waals surface area contributed by atoms with E-state index in [1.54, 1.807) is 0 Å². The molecular weight excluding hydrogens is 154 g/mol. The summed E-state index contributed by atoms with van der Waals surface area (Å²) in [5, 5.41) is 3.40. The summed E-state index contributed by atoms with van der Waals surface area (Å²) in [6.45, 7) is 12.2. The van der Waals surface area contributed by atoms with Crippen LogP contribution in [0.2, 0.25) is 0 Å². The minimum absolute atomic E-state index is 0.406. The average molecular weight is 175 g/mol. The van der Waals surface area contributed by atoms with E-state index in [1.807, 2.05) is 11.8 Å². The molecule has 0 radical (unpaired) electrons. The fraction of sp³-hybridized carbons (Fsp3) is 1.00. The molecule has 0 saturated carbocycles. The van der Waals surface area contributed by atoms with Crippen molar-refractivity contribution in [1.29, 1.82) is 0 Å². The van der Waals surface area contributed by atoms with E-state index in [0.29, 0.717) is 10.8 Å². The first-order chi connectivity index (χ1) is 4.95. The van der Waals surface area contributed by atoms with Crippen LogP contribution in [0.5, 0.6) is 0 Å². The van der Waals surface area contributed by atoms with Gasteiger partial charge >= 0.3 is 0 Å². The molecule has 0 aliphatic carbocycles. The Morgan fingerprint density at radius 1 is 1.36 bits per heavy atom. The Labute approximate surface area is 75.3 Å². The molecule has 11 heavy (non-hydrogen) atoms. The summed E-state index contributed by atoms with van der Waals surface area (Å²) in [7, 11) is 0. The van der Waals surface area contributed by atoms with Crippen LogP contribution >= 0.6 is 11.8 Å². The zero-order valence-corrected chi connectivity index (χ0v) is 9.22. The number of hydrogen-bond donors (Lipinski definition) is 1. The summed E-state index contributed by atoms with van der Waals surface area (Å²) in [6.07, 6.45) is 0. The van der Waals surface area contributed by atoms with Crippen LogP contribution in [0.3, 0.4) is 0 Å². The molecule has 0 bridgehead atoms. The topological polar surface area (TPSA) is 12.0 Å². The molecule has 68 valence electrons. The van der Waals surface area contributed by atoms with Crippen molar-refractivity contribution in [2.45, 2.75) is 45.4 Å². The van der Waals surface area contributed by atoms with Crippen molar-refractivity contribution in [2.24, 2.45) is 0 Å². The Balaban J connectivity index is 3.38. The largest absolute Gasteiger partial charge is 0.314 e. The Morgan fingerprint density at radius 3 is 2.27 bits per heavy atom. The molecule has 0 aromatic rings. The second-order valence-corrected chi connectivity index (χ2v) is 5.73. The van der Waals surface area contributed by atoms with Crippen molar-refractivity contribution in [1.82, 2.24) is 5.32 Å². The highest BCUT2D eigenvalue weighted by molar-refractivity contribution is 8.00. The Kier molecular flexibility index (Phi) is 5.19. The summed E-state index contributed by atoms with van der Waals surface area (Å²) in [4.78, 5) is 0. The van der Waals surface area contributed by atoms with Gasteiger partial charge in [-0.15, -0.1) is 0 Å². The molecule has 2 heteroatoms. The third-order valence-corrected chi connectivity index (χ3v) is 2.85. The molecule has 0 amide bonds. The molecule has 0 fully saturated rings. The van der Waals surface area contributed by atoms with Crippen molar-refractivity contribution in [3.63, 3.8) is 0 Å². The van der Waals surface area contributed by atoms with Gasteiger partial charge in [0.05, 0.1) is 0 Å². The second-order valence-electron chi connectivity index (χ2n) is 3.88. The van der Waals surface area contributed by atoms with E-state index < -0.39 is 0 Å². The third-order valence-electron chi connectivity index (χ3n) is 1.32. The van der Waals surface area contributed by atoms with Crippen LogP contribution in [0.4, 0.5) is 0 Å². The van der Waals surface area contributed by atoms with Gasteiger partial charge in [-0.05, 0) is 13.5 Å². The number of hydrogen-bond acceptors (Lipinski definition) is 2. The van der Waals surface area contributed by atoms with Crippen molar-refractivity contribution < 1.29 is 0 Å². The lowest BCUT2D eigenvalue weighted by atomic mass is 10.3. The van der Waals surface area contributed by atoms with Gasteiger partial charge in [0.2, 0.25) is 0 Å². The van der Waals surface area contributed by atoms with Crippen LogP contribution in [0.15, 0.2) is 0 Å². The lowest BCUT2D eigenvalue weighted by molar-refractivity contribution is 0.617. The third kappa shape index (κ3) is 8.21. The van der Waals surface area contributed by atoms with Gasteiger partial charge < -0.3 is 5.32 Å². The van der Waals surface area contributed by atoms with Gasteiger partial charge in [-0.3, -0.25) is 0 Å². The highest BCUT2D eigenvalue weighted by Crippen LogP contribution is 2.23. The number of nitrogens with one attached hydrogen (secondary N) is 1. The monoisotopic (exact) mass is 175 g/mol. The average Bonchev–Trinajstić information content (AvgIpc) is 1.83. The van der Waals surface area contributed by atoms with Crippen LogP contribution in [0, 0.1) is 0 Å². The van der Waals surface area contributed by atoms with Crippen molar-refractivity contribution in [3.8, 4) is 0 Å². The SMILES string of the molecule is CCNC(C)CSC(C)(C)C. The van der Waals surface area contributed by atoms with E-state index >= 15 is 0 Å². The molecular formula is C9H21NS. The first kappa shape index (κ1) is 11.3. The number of thioether (sulfide) groups is 1. The van der Waals surface area contributed by atoms with Gasteiger partial charge in [0.25, 0.3) is 0 Å². The quantitative estimate of drug-likeness (QED) is 0.704. The van der Waals surface area contributed by atoms with Gasteiger partial charge in [0.1, 0.15) is 0 Å². The summed E-state index contributed by atoms with van der Waals surface area (Å²) < 4.78 is 0.406. The smallest absolute Gasteiger partial charge is 0.0129 e. The Hall–Kier alpha value is 0.310. The summed E-state index contributed by atoms with van der Waals surface area (Å²) >= 11 is 2.02. The lowest BCUT2D eigenvalue weighted by Crippen LogP contribution is -2.29. The maximum Gasteiger partial charge on any atom is 0.0129 e. The maximum absolute atomic E-state index is 3.40. The van der Waals surface area contributed by atoms with Crippen LogP contribution in [0.25, 0.3) is 0 Å². The first-order valence-corrected chi connectivity index (χ1v) is 5.31. The van der Waals surface area contributed by atoms with Crippen molar-refractivity contribution >= 4 is 11.8 Å².